The van der Waals surface area contributed by atoms with Crippen molar-refractivity contribution in [3.05, 3.63) is 11.8 Å². The molecule has 1 heterocycles. The molecule has 0 aromatic carbocycles. The van der Waals surface area contributed by atoms with Gasteiger partial charge in [-0.05, 0) is 42.6 Å². The van der Waals surface area contributed by atoms with Crippen LogP contribution in [0, 0.1) is 22.7 Å². The van der Waals surface area contributed by atoms with E-state index in [1.54, 1.807) is 5.57 Å². The number of hydrazone groups is 1. The molecular formula is C18H32N2. The molecule has 1 aliphatic heterocycles. The molecule has 2 heteroatoms. The van der Waals surface area contributed by atoms with Gasteiger partial charge in [0.1, 0.15) is 0 Å². The molecule has 0 aromatic heterocycles. The maximum Gasteiger partial charge on any atom is 0.0507 e. The highest BCUT2D eigenvalue weighted by molar-refractivity contribution is 5.93. The van der Waals surface area contributed by atoms with Gasteiger partial charge < -0.3 is 0 Å². The number of hydrogen-bond acceptors (Lipinski definition) is 2. The summed E-state index contributed by atoms with van der Waals surface area (Å²) in [5.41, 5.74) is 6.71. The van der Waals surface area contributed by atoms with Crippen LogP contribution < -0.4 is 5.43 Å². The Balaban J connectivity index is 2.13. The fourth-order valence-corrected chi connectivity index (χ4v) is 3.72. The normalized spacial score (nSPS) is 28.5. The minimum absolute atomic E-state index is 0.166. The summed E-state index contributed by atoms with van der Waals surface area (Å²) in [6.07, 6.45) is 8.71. The van der Waals surface area contributed by atoms with Crippen LogP contribution in [0.15, 0.2) is 16.9 Å². The molecule has 2 unspecified atom stereocenters. The van der Waals surface area contributed by atoms with Gasteiger partial charge in [-0.2, -0.15) is 5.10 Å². The maximum atomic E-state index is 4.62. The van der Waals surface area contributed by atoms with Gasteiger partial charge >= 0.3 is 0 Å². The Hall–Kier alpha value is -0.790. The Morgan fingerprint density at radius 1 is 1.05 bits per heavy atom. The molecule has 1 fully saturated rings. The topological polar surface area (TPSA) is 24.4 Å². The second-order valence-corrected chi connectivity index (χ2v) is 8.68. The zero-order valence-corrected chi connectivity index (χ0v) is 14.2. The second-order valence-electron chi connectivity index (χ2n) is 8.68. The first-order chi connectivity index (χ1) is 9.19. The van der Waals surface area contributed by atoms with Crippen molar-refractivity contribution < 1.29 is 0 Å². The summed E-state index contributed by atoms with van der Waals surface area (Å²) in [4.78, 5) is 0. The molecule has 1 aliphatic carbocycles. The van der Waals surface area contributed by atoms with E-state index in [2.05, 4.69) is 58.3 Å². The predicted molar refractivity (Wildman–Crippen MR) is 87.6 cm³/mol. The average Bonchev–Trinajstić information content (AvgIpc) is 2.26. The lowest BCUT2D eigenvalue weighted by Gasteiger charge is -2.38. The van der Waals surface area contributed by atoms with Crippen molar-refractivity contribution in [1.29, 1.82) is 0 Å². The molecule has 2 nitrogen and oxygen atoms in total. The van der Waals surface area contributed by atoms with Crippen LogP contribution in [0.1, 0.15) is 73.6 Å². The van der Waals surface area contributed by atoms with E-state index in [0.29, 0.717) is 11.3 Å². The quantitative estimate of drug-likeness (QED) is 0.652. The van der Waals surface area contributed by atoms with Crippen LogP contribution in [0.5, 0.6) is 0 Å². The highest BCUT2D eigenvalue weighted by Gasteiger charge is 2.34. The molecule has 1 saturated carbocycles. The van der Waals surface area contributed by atoms with E-state index in [9.17, 15) is 0 Å². The number of allylic oxidation sites excluding steroid dienone is 1. The van der Waals surface area contributed by atoms with Crippen LogP contribution in [0.3, 0.4) is 0 Å². The Labute approximate surface area is 125 Å². The third-order valence-corrected chi connectivity index (χ3v) is 5.03. The molecule has 0 spiro atoms. The maximum absolute atomic E-state index is 4.62. The van der Waals surface area contributed by atoms with E-state index in [-0.39, 0.29) is 5.41 Å². The largest absolute Gasteiger partial charge is 0.286 e. The predicted octanol–water partition coefficient (Wildman–Crippen LogP) is 5.12. The van der Waals surface area contributed by atoms with Gasteiger partial charge in [-0.15, -0.1) is 0 Å². The van der Waals surface area contributed by atoms with Crippen molar-refractivity contribution in [2.24, 2.45) is 27.8 Å². The standard InChI is InChI=1S/C18H32N2/c1-17(2,3)14-8-7-9-15-13(10-11-14)12-19-20-16(15)18(4,5)6/h12,14-15,19H,7-11H2,1-6H3. The third kappa shape index (κ3) is 3.45. The minimum atomic E-state index is 0.166. The van der Waals surface area contributed by atoms with E-state index >= 15 is 0 Å². The van der Waals surface area contributed by atoms with Crippen molar-refractivity contribution >= 4 is 5.71 Å². The SMILES string of the molecule is CC(C)(C)C1=NNC=C2CCC(C(C)(C)C)CCCC21. The minimum Gasteiger partial charge on any atom is -0.286 e. The van der Waals surface area contributed by atoms with Crippen molar-refractivity contribution in [3.63, 3.8) is 0 Å². The van der Waals surface area contributed by atoms with Gasteiger partial charge in [-0.25, -0.2) is 0 Å². The van der Waals surface area contributed by atoms with Gasteiger partial charge in [-0.3, -0.25) is 5.43 Å². The van der Waals surface area contributed by atoms with Crippen molar-refractivity contribution in [2.75, 3.05) is 0 Å². The van der Waals surface area contributed by atoms with Gasteiger partial charge in [0.25, 0.3) is 0 Å². The molecule has 1 N–H and O–H groups in total. The third-order valence-electron chi connectivity index (χ3n) is 5.03. The molecule has 0 bridgehead atoms. The fourth-order valence-electron chi connectivity index (χ4n) is 3.72. The van der Waals surface area contributed by atoms with Crippen LogP contribution in [-0.4, -0.2) is 5.71 Å². The Morgan fingerprint density at radius 2 is 1.75 bits per heavy atom. The number of hydrogen-bond donors (Lipinski definition) is 1. The molecule has 2 aliphatic rings. The van der Waals surface area contributed by atoms with E-state index in [1.165, 1.54) is 37.8 Å². The summed E-state index contributed by atoms with van der Waals surface area (Å²) in [6.45, 7) is 14.0. The molecule has 114 valence electrons. The van der Waals surface area contributed by atoms with Gasteiger partial charge in [0.05, 0.1) is 5.71 Å². The van der Waals surface area contributed by atoms with Crippen LogP contribution in [0.25, 0.3) is 0 Å². The molecule has 0 saturated heterocycles. The summed E-state index contributed by atoms with van der Waals surface area (Å²) in [5.74, 6) is 1.43. The molecule has 0 aromatic rings. The van der Waals surface area contributed by atoms with E-state index < -0.39 is 0 Å². The van der Waals surface area contributed by atoms with Crippen molar-refractivity contribution in [2.45, 2.75) is 73.6 Å². The smallest absolute Gasteiger partial charge is 0.0507 e. The average molecular weight is 276 g/mol. The zero-order valence-electron chi connectivity index (χ0n) is 14.2. The number of nitrogens with zero attached hydrogens (tertiary/aromatic N) is 1. The second kappa shape index (κ2) is 5.54. The van der Waals surface area contributed by atoms with Crippen LogP contribution >= 0.6 is 0 Å². The lowest BCUT2D eigenvalue weighted by atomic mass is 9.69. The van der Waals surface area contributed by atoms with Crippen molar-refractivity contribution in [1.82, 2.24) is 5.43 Å². The van der Waals surface area contributed by atoms with E-state index in [0.717, 1.165) is 5.92 Å². The van der Waals surface area contributed by atoms with E-state index in [4.69, 9.17) is 0 Å². The highest BCUT2D eigenvalue weighted by Crippen LogP contribution is 2.41. The Bertz CT molecular complexity index is 404. The Kier molecular flexibility index (Phi) is 4.32. The molecule has 0 amide bonds. The summed E-state index contributed by atoms with van der Waals surface area (Å²) in [7, 11) is 0. The summed E-state index contributed by atoms with van der Waals surface area (Å²) >= 11 is 0. The monoisotopic (exact) mass is 276 g/mol. The van der Waals surface area contributed by atoms with Crippen LogP contribution in [0.4, 0.5) is 0 Å². The molecular weight excluding hydrogens is 244 g/mol. The molecule has 2 atom stereocenters. The summed E-state index contributed by atoms with van der Waals surface area (Å²) in [5, 5.41) is 4.62. The van der Waals surface area contributed by atoms with Crippen molar-refractivity contribution in [3.8, 4) is 0 Å². The fraction of sp³-hybridized carbons (Fsp3) is 0.833. The zero-order chi connectivity index (χ0) is 15.0. The molecule has 0 radical (unpaired) electrons. The Morgan fingerprint density at radius 3 is 2.35 bits per heavy atom. The molecule has 20 heavy (non-hydrogen) atoms. The number of fused-ring (bicyclic) bond motifs is 1. The van der Waals surface area contributed by atoms with E-state index in [1.807, 2.05) is 0 Å². The molecule has 2 rings (SSSR count). The van der Waals surface area contributed by atoms with Gasteiger partial charge in [0, 0.05) is 17.5 Å². The lowest BCUT2D eigenvalue weighted by molar-refractivity contribution is 0.198. The number of nitrogens with one attached hydrogen (secondary N) is 1. The van der Waals surface area contributed by atoms with Crippen LogP contribution in [0.2, 0.25) is 0 Å². The van der Waals surface area contributed by atoms with Gasteiger partial charge in [-0.1, -0.05) is 48.0 Å². The van der Waals surface area contributed by atoms with Gasteiger partial charge in [0.15, 0.2) is 0 Å². The lowest BCUT2D eigenvalue weighted by Crippen LogP contribution is -2.36. The first-order valence-electron chi connectivity index (χ1n) is 8.22. The first-order valence-corrected chi connectivity index (χ1v) is 8.22. The van der Waals surface area contributed by atoms with Gasteiger partial charge in [0.2, 0.25) is 0 Å². The highest BCUT2D eigenvalue weighted by atomic mass is 15.3. The summed E-state index contributed by atoms with van der Waals surface area (Å²) in [6, 6.07) is 0. The summed E-state index contributed by atoms with van der Waals surface area (Å²) < 4.78 is 0. The first kappa shape index (κ1) is 15.6. The van der Waals surface area contributed by atoms with Crippen LogP contribution in [-0.2, 0) is 0 Å². The number of rotatable bonds is 0.